The second kappa shape index (κ2) is 12.5. The summed E-state index contributed by atoms with van der Waals surface area (Å²) in [7, 11) is -4.56. The van der Waals surface area contributed by atoms with Gasteiger partial charge >= 0.3 is 0 Å². The topological polar surface area (TPSA) is 133 Å². The van der Waals surface area contributed by atoms with Crippen molar-refractivity contribution in [1.82, 2.24) is 19.9 Å². The predicted molar refractivity (Wildman–Crippen MR) is 170 cm³/mol. The smallest absolute Gasteiger partial charge is 0.267 e. The van der Waals surface area contributed by atoms with Gasteiger partial charge in [-0.05, 0) is 48.9 Å². The Hall–Kier alpha value is -4.53. The predicted octanol–water partition coefficient (Wildman–Crippen LogP) is 6.18. The number of thiazole rings is 1. The number of anilines is 4. The van der Waals surface area contributed by atoms with Crippen molar-refractivity contribution in [2.24, 2.45) is 0 Å². The molecular weight excluding hydrogens is 621 g/mol. The Labute approximate surface area is 262 Å². The zero-order valence-electron chi connectivity index (χ0n) is 24.3. The molecule has 0 radical (unpaired) electrons. The van der Waals surface area contributed by atoms with Crippen LogP contribution in [0, 0.1) is 11.6 Å². The molecular formula is C31H29F2N7O3S2. The summed E-state index contributed by atoms with van der Waals surface area (Å²) in [4.78, 5) is 20.2. The molecule has 1 aliphatic heterocycles. The zero-order valence-corrected chi connectivity index (χ0v) is 25.9. The van der Waals surface area contributed by atoms with E-state index in [1.807, 2.05) is 30.9 Å². The number of sulfonamides is 1. The van der Waals surface area contributed by atoms with Crippen molar-refractivity contribution in [3.63, 3.8) is 0 Å². The molecule has 0 amide bonds. The average molecular weight is 650 g/mol. The minimum absolute atomic E-state index is 0.106. The van der Waals surface area contributed by atoms with Crippen LogP contribution >= 0.6 is 11.3 Å². The maximum Gasteiger partial charge on any atom is 0.267 e. The van der Waals surface area contributed by atoms with Crippen LogP contribution in [0.1, 0.15) is 31.2 Å². The molecule has 0 saturated carbocycles. The van der Waals surface area contributed by atoms with Crippen LogP contribution in [0.15, 0.2) is 78.0 Å². The zero-order chi connectivity index (χ0) is 31.7. The Bertz CT molecular complexity index is 1930. The SMILES string of the molecule is CC(C)c1nc(-c2cccc(NS(=O)(=O)c3c(F)cccc3F)c2)c(-c2ccnc(Nc3ccc(N4CCC(O)C4)nc3)n2)s1. The van der Waals surface area contributed by atoms with Gasteiger partial charge in [0.2, 0.25) is 5.95 Å². The number of hydrogen-bond acceptors (Lipinski definition) is 10. The molecule has 3 aromatic heterocycles. The number of nitrogens with zero attached hydrogens (tertiary/aromatic N) is 5. The number of β-amino-alcohol motifs (C(OH)–C–C–N with tert-alkyl or cyclic N) is 1. The van der Waals surface area contributed by atoms with Gasteiger partial charge in [0, 0.05) is 36.5 Å². The summed E-state index contributed by atoms with van der Waals surface area (Å²) in [6.07, 6.45) is 3.69. The molecule has 45 heavy (non-hydrogen) atoms. The van der Waals surface area contributed by atoms with Crippen molar-refractivity contribution in [2.45, 2.75) is 37.2 Å². The van der Waals surface area contributed by atoms with Crippen molar-refractivity contribution in [2.75, 3.05) is 28.0 Å². The van der Waals surface area contributed by atoms with Crippen molar-refractivity contribution >= 4 is 44.5 Å². The Balaban J connectivity index is 1.29. The molecule has 1 saturated heterocycles. The maximum absolute atomic E-state index is 14.3. The number of hydrogen-bond donors (Lipinski definition) is 3. The molecule has 1 aliphatic rings. The molecule has 0 aliphatic carbocycles. The highest BCUT2D eigenvalue weighted by Gasteiger charge is 2.25. The second-order valence-electron chi connectivity index (χ2n) is 10.8. The molecule has 1 fully saturated rings. The molecule has 6 rings (SSSR count). The summed E-state index contributed by atoms with van der Waals surface area (Å²) in [5, 5.41) is 13.8. The maximum atomic E-state index is 14.3. The first kappa shape index (κ1) is 30.5. The molecule has 0 spiro atoms. The molecule has 3 N–H and O–H groups in total. The van der Waals surface area contributed by atoms with Crippen molar-refractivity contribution in [3.8, 4) is 21.8 Å². The van der Waals surface area contributed by atoms with E-state index in [1.54, 1.807) is 36.7 Å². The van der Waals surface area contributed by atoms with Gasteiger partial charge in [0.05, 0.1) is 39.3 Å². The van der Waals surface area contributed by atoms with Crippen molar-refractivity contribution in [3.05, 3.63) is 89.7 Å². The fourth-order valence-electron chi connectivity index (χ4n) is 4.90. The Morgan fingerprint density at radius 2 is 1.78 bits per heavy atom. The lowest BCUT2D eigenvalue weighted by Gasteiger charge is -2.16. The summed E-state index contributed by atoms with van der Waals surface area (Å²) >= 11 is 1.46. The lowest BCUT2D eigenvalue weighted by atomic mass is 10.1. The van der Waals surface area contributed by atoms with E-state index < -0.39 is 26.6 Å². The van der Waals surface area contributed by atoms with E-state index in [-0.39, 0.29) is 17.7 Å². The number of rotatable bonds is 9. The number of benzene rings is 2. The summed E-state index contributed by atoms with van der Waals surface area (Å²) < 4.78 is 56.7. The van der Waals surface area contributed by atoms with E-state index in [0.29, 0.717) is 41.6 Å². The summed E-state index contributed by atoms with van der Waals surface area (Å²) in [5.41, 5.74) is 2.56. The van der Waals surface area contributed by atoms with Gasteiger partial charge in [0.1, 0.15) is 17.5 Å². The minimum atomic E-state index is -4.56. The highest BCUT2D eigenvalue weighted by molar-refractivity contribution is 7.92. The molecule has 14 heteroatoms. The Morgan fingerprint density at radius 3 is 2.47 bits per heavy atom. The van der Waals surface area contributed by atoms with Gasteiger partial charge in [-0.2, -0.15) is 0 Å². The fourth-order valence-corrected chi connectivity index (χ4v) is 7.15. The van der Waals surface area contributed by atoms with Gasteiger partial charge < -0.3 is 15.3 Å². The van der Waals surface area contributed by atoms with Gasteiger partial charge in [-0.3, -0.25) is 4.72 Å². The van der Waals surface area contributed by atoms with E-state index >= 15 is 0 Å². The van der Waals surface area contributed by atoms with Crippen LogP contribution in [0.5, 0.6) is 0 Å². The van der Waals surface area contributed by atoms with Crippen molar-refractivity contribution in [1.29, 1.82) is 0 Å². The van der Waals surface area contributed by atoms with Gasteiger partial charge in [-0.1, -0.05) is 32.0 Å². The summed E-state index contributed by atoms with van der Waals surface area (Å²) in [6.45, 7) is 5.35. The third-order valence-corrected chi connectivity index (χ3v) is 9.90. The highest BCUT2D eigenvalue weighted by Crippen LogP contribution is 2.39. The number of aliphatic hydroxyl groups excluding tert-OH is 1. The molecule has 232 valence electrons. The van der Waals surface area contributed by atoms with E-state index in [4.69, 9.17) is 9.97 Å². The molecule has 1 unspecified atom stereocenters. The quantitative estimate of drug-likeness (QED) is 0.171. The van der Waals surface area contributed by atoms with E-state index in [2.05, 4.69) is 20.0 Å². The lowest BCUT2D eigenvalue weighted by molar-refractivity contribution is 0.198. The fraction of sp³-hybridized carbons (Fsp3) is 0.226. The van der Waals surface area contributed by atoms with E-state index in [1.165, 1.54) is 17.4 Å². The molecule has 2 aromatic carbocycles. The molecule has 0 bridgehead atoms. The summed E-state index contributed by atoms with van der Waals surface area (Å²) in [5.74, 6) is -1.14. The van der Waals surface area contributed by atoms with Crippen LogP contribution < -0.4 is 14.9 Å². The van der Waals surface area contributed by atoms with Crippen LogP contribution in [-0.4, -0.2) is 52.7 Å². The number of halogens is 2. The highest BCUT2D eigenvalue weighted by atomic mass is 32.2. The van der Waals surface area contributed by atoms with E-state index in [0.717, 1.165) is 40.4 Å². The third-order valence-electron chi connectivity index (χ3n) is 7.09. The van der Waals surface area contributed by atoms with Gasteiger partial charge in [-0.25, -0.2) is 37.1 Å². The third kappa shape index (κ3) is 6.62. The van der Waals surface area contributed by atoms with Crippen molar-refractivity contribution < 1.29 is 22.3 Å². The molecule has 4 heterocycles. The van der Waals surface area contributed by atoms with Gasteiger partial charge in [0.25, 0.3) is 10.0 Å². The van der Waals surface area contributed by atoms with Gasteiger partial charge in [-0.15, -0.1) is 11.3 Å². The molecule has 5 aromatic rings. The standard InChI is InChI=1S/C31H29F2N7O3S2/c1-18(2)30-38-27(19-5-3-6-20(15-19)39-45(42,43)29-23(32)7-4-8-24(29)33)28(44-30)25-11-13-34-31(37-25)36-21-9-10-26(35-16-21)40-14-12-22(41)17-40/h3-11,13,15-16,18,22,39,41H,12,14,17H2,1-2H3,(H,34,36,37). The molecule has 10 nitrogen and oxygen atoms in total. The van der Waals surface area contributed by atoms with Crippen LogP contribution in [0.4, 0.5) is 31.9 Å². The van der Waals surface area contributed by atoms with E-state index in [9.17, 15) is 22.3 Å². The Morgan fingerprint density at radius 1 is 1.00 bits per heavy atom. The monoisotopic (exact) mass is 649 g/mol. The van der Waals surface area contributed by atoms with Crippen LogP contribution in [0.2, 0.25) is 0 Å². The van der Waals surface area contributed by atoms with Crippen LogP contribution in [0.25, 0.3) is 21.8 Å². The first-order valence-electron chi connectivity index (χ1n) is 14.1. The number of aliphatic hydroxyl groups is 1. The lowest BCUT2D eigenvalue weighted by Crippen LogP contribution is -2.22. The largest absolute Gasteiger partial charge is 0.391 e. The second-order valence-corrected chi connectivity index (χ2v) is 13.5. The normalized spacial score (nSPS) is 15.1. The first-order chi connectivity index (χ1) is 21.6. The summed E-state index contributed by atoms with van der Waals surface area (Å²) in [6, 6.07) is 14.9. The average Bonchev–Trinajstić information content (AvgIpc) is 3.65. The Kier molecular flexibility index (Phi) is 8.44. The van der Waals surface area contributed by atoms with Crippen LogP contribution in [0.3, 0.4) is 0 Å². The van der Waals surface area contributed by atoms with Crippen LogP contribution in [-0.2, 0) is 10.0 Å². The number of aromatic nitrogens is 4. The number of pyridine rings is 1. The minimum Gasteiger partial charge on any atom is -0.391 e. The number of nitrogens with one attached hydrogen (secondary N) is 2. The molecule has 1 atom stereocenters. The van der Waals surface area contributed by atoms with Gasteiger partial charge in [0.15, 0.2) is 4.90 Å². The first-order valence-corrected chi connectivity index (χ1v) is 16.4.